The van der Waals surface area contributed by atoms with Crippen molar-refractivity contribution in [3.63, 3.8) is 0 Å². The van der Waals surface area contributed by atoms with Gasteiger partial charge in [-0.3, -0.25) is 0 Å². The Morgan fingerprint density at radius 1 is 0.513 bits per heavy atom. The smallest absolute Gasteiger partial charge is 0.115 e. The fourth-order valence-electron chi connectivity index (χ4n) is 4.95. The van der Waals surface area contributed by atoms with E-state index in [4.69, 9.17) is 18.9 Å². The molecule has 0 spiro atoms. The predicted octanol–water partition coefficient (Wildman–Crippen LogP) is 5.75. The lowest BCUT2D eigenvalue weighted by molar-refractivity contribution is -0.260. The minimum Gasteiger partial charge on any atom is -0.388 e. The van der Waals surface area contributed by atoms with Gasteiger partial charge in [0.15, 0.2) is 0 Å². The molecule has 1 heterocycles. The van der Waals surface area contributed by atoms with E-state index in [1.165, 1.54) is 0 Å². The summed E-state index contributed by atoms with van der Waals surface area (Å²) >= 11 is 0. The molecule has 4 aromatic rings. The van der Waals surface area contributed by atoms with Crippen molar-refractivity contribution in [3.8, 4) is 0 Å². The summed E-state index contributed by atoms with van der Waals surface area (Å²) in [4.78, 5) is 0. The zero-order valence-electron chi connectivity index (χ0n) is 22.0. The van der Waals surface area contributed by atoms with Gasteiger partial charge >= 0.3 is 0 Å². The predicted molar refractivity (Wildman–Crippen MR) is 151 cm³/mol. The number of benzene rings is 4. The SMILES string of the molecule is O[C@@H]1[C@@H](OCc2ccccc2)[C@H](OCc2ccccc2)[C@@H](COCc2ccccc2)O[C@H]1Cc1ccccc1. The number of ether oxygens (including phenoxy) is 4. The Labute approximate surface area is 230 Å². The first-order chi connectivity index (χ1) is 19.3. The summed E-state index contributed by atoms with van der Waals surface area (Å²) in [5.74, 6) is 0. The van der Waals surface area contributed by atoms with E-state index in [9.17, 15) is 5.11 Å². The first kappa shape index (κ1) is 27.3. The fraction of sp³-hybridized carbons (Fsp3) is 0.294. The van der Waals surface area contributed by atoms with Gasteiger partial charge in [-0.1, -0.05) is 121 Å². The van der Waals surface area contributed by atoms with Crippen molar-refractivity contribution in [2.45, 2.75) is 56.8 Å². The molecule has 1 aliphatic rings. The molecule has 5 rings (SSSR count). The number of aliphatic hydroxyl groups excluding tert-OH is 1. The van der Waals surface area contributed by atoms with Gasteiger partial charge in [0.1, 0.15) is 24.4 Å². The van der Waals surface area contributed by atoms with Gasteiger partial charge in [0, 0.05) is 6.42 Å². The zero-order chi connectivity index (χ0) is 26.7. The highest BCUT2D eigenvalue weighted by Gasteiger charge is 2.46. The van der Waals surface area contributed by atoms with Gasteiger partial charge in [-0.15, -0.1) is 0 Å². The van der Waals surface area contributed by atoms with Crippen LogP contribution >= 0.6 is 0 Å². The summed E-state index contributed by atoms with van der Waals surface area (Å²) in [6.07, 6.45) is -2.31. The van der Waals surface area contributed by atoms with Crippen molar-refractivity contribution in [1.29, 1.82) is 0 Å². The molecule has 0 saturated carbocycles. The summed E-state index contributed by atoms with van der Waals surface area (Å²) < 4.78 is 25.6. The van der Waals surface area contributed by atoms with Gasteiger partial charge in [-0.2, -0.15) is 0 Å². The number of hydrogen-bond acceptors (Lipinski definition) is 5. The molecule has 0 aliphatic carbocycles. The first-order valence-corrected chi connectivity index (χ1v) is 13.6. The highest BCUT2D eigenvalue weighted by molar-refractivity contribution is 5.18. The Hall–Kier alpha value is -3.32. The van der Waals surface area contributed by atoms with Crippen LogP contribution in [0, 0.1) is 0 Å². The third-order valence-corrected chi connectivity index (χ3v) is 7.00. The molecule has 1 N–H and O–H groups in total. The third kappa shape index (κ3) is 7.85. The van der Waals surface area contributed by atoms with Crippen molar-refractivity contribution >= 4 is 0 Å². The van der Waals surface area contributed by atoms with Crippen molar-refractivity contribution in [1.82, 2.24) is 0 Å². The van der Waals surface area contributed by atoms with Crippen molar-refractivity contribution < 1.29 is 24.1 Å². The van der Waals surface area contributed by atoms with Crippen LogP contribution in [-0.2, 0) is 45.2 Å². The number of rotatable bonds is 12. The Morgan fingerprint density at radius 2 is 0.949 bits per heavy atom. The van der Waals surface area contributed by atoms with E-state index in [1.54, 1.807) is 0 Å². The van der Waals surface area contributed by atoms with Crippen LogP contribution in [0.25, 0.3) is 0 Å². The maximum absolute atomic E-state index is 11.6. The van der Waals surface area contributed by atoms with Crippen molar-refractivity contribution in [2.24, 2.45) is 0 Å². The largest absolute Gasteiger partial charge is 0.388 e. The number of aliphatic hydroxyl groups is 1. The lowest BCUT2D eigenvalue weighted by atomic mass is 9.91. The van der Waals surface area contributed by atoms with E-state index in [0.717, 1.165) is 22.3 Å². The Morgan fingerprint density at radius 3 is 1.46 bits per heavy atom. The molecule has 202 valence electrons. The van der Waals surface area contributed by atoms with Gasteiger partial charge in [0.2, 0.25) is 0 Å². The second kappa shape index (κ2) is 14.2. The lowest BCUT2D eigenvalue weighted by Gasteiger charge is -2.44. The van der Waals surface area contributed by atoms with Crippen LogP contribution in [0.15, 0.2) is 121 Å². The van der Waals surface area contributed by atoms with Crippen LogP contribution in [0.5, 0.6) is 0 Å². The lowest BCUT2D eigenvalue weighted by Crippen LogP contribution is -2.60. The van der Waals surface area contributed by atoms with E-state index < -0.39 is 30.5 Å². The Bertz CT molecular complexity index is 1220. The molecule has 0 aromatic heterocycles. The van der Waals surface area contributed by atoms with Gasteiger partial charge in [0.05, 0.1) is 32.5 Å². The maximum Gasteiger partial charge on any atom is 0.115 e. The molecular formula is C34H36O5. The van der Waals surface area contributed by atoms with E-state index in [0.29, 0.717) is 32.8 Å². The third-order valence-electron chi connectivity index (χ3n) is 7.00. The van der Waals surface area contributed by atoms with Gasteiger partial charge in [0.25, 0.3) is 0 Å². The van der Waals surface area contributed by atoms with E-state index in [1.807, 2.05) is 109 Å². The minimum atomic E-state index is -0.875. The summed E-state index contributed by atoms with van der Waals surface area (Å²) in [5.41, 5.74) is 4.27. The highest BCUT2D eigenvalue weighted by Crippen LogP contribution is 2.30. The van der Waals surface area contributed by atoms with E-state index in [-0.39, 0.29) is 0 Å². The molecule has 1 fully saturated rings. The second-order valence-electron chi connectivity index (χ2n) is 9.92. The highest BCUT2D eigenvalue weighted by atomic mass is 16.6. The van der Waals surface area contributed by atoms with E-state index in [2.05, 4.69) is 12.1 Å². The summed E-state index contributed by atoms with van der Waals surface area (Å²) in [5, 5.41) is 11.6. The Kier molecular flexibility index (Phi) is 9.91. The van der Waals surface area contributed by atoms with Crippen molar-refractivity contribution in [2.75, 3.05) is 6.61 Å². The number of hydrogen-bond donors (Lipinski definition) is 1. The summed E-state index contributed by atoms with van der Waals surface area (Å²) in [7, 11) is 0. The molecular weight excluding hydrogens is 488 g/mol. The molecule has 5 heteroatoms. The summed E-state index contributed by atoms with van der Waals surface area (Å²) in [6, 6.07) is 40.2. The second-order valence-corrected chi connectivity index (χ2v) is 9.92. The molecule has 39 heavy (non-hydrogen) atoms. The molecule has 1 saturated heterocycles. The van der Waals surface area contributed by atoms with Crippen LogP contribution < -0.4 is 0 Å². The molecule has 0 amide bonds. The summed E-state index contributed by atoms with van der Waals surface area (Å²) in [6.45, 7) is 1.53. The topological polar surface area (TPSA) is 57.2 Å². The molecule has 5 nitrogen and oxygen atoms in total. The quantitative estimate of drug-likeness (QED) is 0.256. The van der Waals surface area contributed by atoms with Crippen LogP contribution in [-0.4, -0.2) is 42.2 Å². The standard InChI is InChI=1S/C34H36O5/c35-32-30(21-26-13-5-1-6-14-26)39-31(25-36-22-27-15-7-2-8-16-27)33(37-23-28-17-9-3-10-18-28)34(32)38-24-29-19-11-4-12-20-29/h1-20,30-35H,21-25H2/t30-,31+,32-,33+,34+/m0/s1. The molecule has 1 aliphatic heterocycles. The average Bonchev–Trinajstić information content (AvgIpc) is 2.99. The normalized spacial score (nSPS) is 22.9. The monoisotopic (exact) mass is 524 g/mol. The first-order valence-electron chi connectivity index (χ1n) is 13.6. The van der Waals surface area contributed by atoms with Crippen molar-refractivity contribution in [3.05, 3.63) is 144 Å². The zero-order valence-corrected chi connectivity index (χ0v) is 22.0. The average molecular weight is 525 g/mol. The molecule has 0 unspecified atom stereocenters. The fourth-order valence-corrected chi connectivity index (χ4v) is 4.95. The maximum atomic E-state index is 11.6. The molecule has 0 bridgehead atoms. The Balaban J connectivity index is 1.37. The van der Waals surface area contributed by atoms with Crippen LogP contribution in [0.2, 0.25) is 0 Å². The van der Waals surface area contributed by atoms with Crippen LogP contribution in [0.1, 0.15) is 22.3 Å². The molecule has 4 aromatic carbocycles. The van der Waals surface area contributed by atoms with Gasteiger partial charge < -0.3 is 24.1 Å². The van der Waals surface area contributed by atoms with Crippen LogP contribution in [0.3, 0.4) is 0 Å². The minimum absolute atomic E-state index is 0.317. The van der Waals surface area contributed by atoms with Gasteiger partial charge in [-0.25, -0.2) is 0 Å². The van der Waals surface area contributed by atoms with E-state index >= 15 is 0 Å². The van der Waals surface area contributed by atoms with Gasteiger partial charge in [-0.05, 0) is 22.3 Å². The van der Waals surface area contributed by atoms with Crippen LogP contribution in [0.4, 0.5) is 0 Å². The molecule has 5 atom stereocenters. The molecule has 0 radical (unpaired) electrons.